The molecule has 0 aliphatic carbocycles. The van der Waals surface area contributed by atoms with E-state index in [0.29, 0.717) is 0 Å². The standard InChI is InChI=1S/C11H9NOS/c1-6-5-8-9(13-6)3-4-10-11(8)12-7(2)14-10/h3-5H,1-2H3. The smallest absolute Gasteiger partial charge is 0.136 e. The molecule has 0 saturated heterocycles. The summed E-state index contributed by atoms with van der Waals surface area (Å²) in [4.78, 5) is 4.51. The van der Waals surface area contributed by atoms with Crippen LogP contribution in [0.2, 0.25) is 0 Å². The van der Waals surface area contributed by atoms with E-state index in [1.165, 1.54) is 4.70 Å². The van der Waals surface area contributed by atoms with Crippen LogP contribution in [0, 0.1) is 13.8 Å². The first kappa shape index (κ1) is 8.00. The minimum absolute atomic E-state index is 0.931. The normalized spacial score (nSPS) is 11.6. The highest BCUT2D eigenvalue weighted by molar-refractivity contribution is 7.18. The van der Waals surface area contributed by atoms with Crippen LogP contribution in [-0.2, 0) is 0 Å². The van der Waals surface area contributed by atoms with Crippen molar-refractivity contribution >= 4 is 32.5 Å². The number of nitrogens with zero attached hydrogens (tertiary/aromatic N) is 1. The molecular formula is C11H9NOS. The van der Waals surface area contributed by atoms with Crippen LogP contribution in [0.1, 0.15) is 10.8 Å². The fraction of sp³-hybridized carbons (Fsp3) is 0.182. The first-order chi connectivity index (χ1) is 6.74. The lowest BCUT2D eigenvalue weighted by atomic mass is 10.2. The summed E-state index contributed by atoms with van der Waals surface area (Å²) in [5, 5.41) is 2.23. The molecule has 2 heterocycles. The molecule has 0 radical (unpaired) electrons. The van der Waals surface area contributed by atoms with Gasteiger partial charge in [-0.3, -0.25) is 0 Å². The Morgan fingerprint density at radius 3 is 3.00 bits per heavy atom. The monoisotopic (exact) mass is 203 g/mol. The van der Waals surface area contributed by atoms with Gasteiger partial charge in [-0.05, 0) is 32.0 Å². The maximum atomic E-state index is 5.55. The van der Waals surface area contributed by atoms with E-state index < -0.39 is 0 Å². The number of hydrogen-bond acceptors (Lipinski definition) is 3. The van der Waals surface area contributed by atoms with E-state index in [9.17, 15) is 0 Å². The van der Waals surface area contributed by atoms with Crippen LogP contribution in [0.4, 0.5) is 0 Å². The lowest BCUT2D eigenvalue weighted by Crippen LogP contribution is -1.69. The molecule has 1 aromatic carbocycles. The van der Waals surface area contributed by atoms with Gasteiger partial charge in [0.2, 0.25) is 0 Å². The number of furan rings is 1. The second kappa shape index (κ2) is 2.58. The molecule has 0 aliphatic rings. The van der Waals surface area contributed by atoms with E-state index in [1.54, 1.807) is 11.3 Å². The van der Waals surface area contributed by atoms with E-state index in [0.717, 1.165) is 27.3 Å². The molecule has 3 heteroatoms. The summed E-state index contributed by atoms with van der Waals surface area (Å²) in [6.07, 6.45) is 0. The van der Waals surface area contributed by atoms with Gasteiger partial charge in [-0.1, -0.05) is 0 Å². The molecule has 0 fully saturated rings. The second-order valence-electron chi connectivity index (χ2n) is 3.41. The minimum atomic E-state index is 0.931. The summed E-state index contributed by atoms with van der Waals surface area (Å²) in [6.45, 7) is 3.99. The molecule has 2 nitrogen and oxygen atoms in total. The second-order valence-corrected chi connectivity index (χ2v) is 4.65. The number of rotatable bonds is 0. The van der Waals surface area contributed by atoms with Crippen molar-refractivity contribution in [1.82, 2.24) is 4.98 Å². The zero-order valence-corrected chi connectivity index (χ0v) is 8.81. The van der Waals surface area contributed by atoms with Crippen LogP contribution in [-0.4, -0.2) is 4.98 Å². The Labute approximate surface area is 85.2 Å². The SMILES string of the molecule is Cc1cc2c(ccc3sc(C)nc32)o1. The lowest BCUT2D eigenvalue weighted by molar-refractivity contribution is 0.579. The van der Waals surface area contributed by atoms with Gasteiger partial charge in [-0.25, -0.2) is 4.98 Å². The Balaban J connectivity index is 2.58. The Hall–Kier alpha value is -1.35. The number of fused-ring (bicyclic) bond motifs is 3. The fourth-order valence-corrected chi connectivity index (χ4v) is 2.58. The molecule has 0 atom stereocenters. The molecule has 0 spiro atoms. The van der Waals surface area contributed by atoms with Crippen molar-refractivity contribution in [2.45, 2.75) is 13.8 Å². The molecule has 14 heavy (non-hydrogen) atoms. The van der Waals surface area contributed by atoms with Gasteiger partial charge in [0.1, 0.15) is 11.3 Å². The average molecular weight is 203 g/mol. The number of hydrogen-bond donors (Lipinski definition) is 0. The van der Waals surface area contributed by atoms with Crippen molar-refractivity contribution in [3.05, 3.63) is 29.0 Å². The van der Waals surface area contributed by atoms with Crippen LogP contribution in [0.25, 0.3) is 21.2 Å². The van der Waals surface area contributed by atoms with Gasteiger partial charge in [0.05, 0.1) is 15.2 Å². The van der Waals surface area contributed by atoms with Crippen LogP contribution in [0.15, 0.2) is 22.6 Å². The number of aryl methyl sites for hydroxylation is 2. The van der Waals surface area contributed by atoms with Crippen molar-refractivity contribution in [3.8, 4) is 0 Å². The van der Waals surface area contributed by atoms with Gasteiger partial charge in [0.25, 0.3) is 0 Å². The highest BCUT2D eigenvalue weighted by Crippen LogP contribution is 2.30. The quantitative estimate of drug-likeness (QED) is 0.557. The molecule has 0 N–H and O–H groups in total. The van der Waals surface area contributed by atoms with Crippen LogP contribution in [0.5, 0.6) is 0 Å². The molecule has 0 aliphatic heterocycles. The first-order valence-electron chi connectivity index (χ1n) is 4.50. The maximum absolute atomic E-state index is 5.55. The summed E-state index contributed by atoms with van der Waals surface area (Å²) < 4.78 is 6.78. The van der Waals surface area contributed by atoms with Gasteiger partial charge >= 0.3 is 0 Å². The Bertz CT molecular complexity index is 565. The number of benzene rings is 1. The molecular weight excluding hydrogens is 194 g/mol. The largest absolute Gasteiger partial charge is 0.461 e. The van der Waals surface area contributed by atoms with Gasteiger partial charge in [-0.15, -0.1) is 11.3 Å². The van der Waals surface area contributed by atoms with Crippen molar-refractivity contribution in [2.24, 2.45) is 0 Å². The number of thiazole rings is 1. The highest BCUT2D eigenvalue weighted by atomic mass is 32.1. The Kier molecular flexibility index (Phi) is 1.47. The van der Waals surface area contributed by atoms with Gasteiger partial charge in [-0.2, -0.15) is 0 Å². The molecule has 2 aromatic heterocycles. The highest BCUT2D eigenvalue weighted by Gasteiger charge is 2.08. The third-order valence-corrected chi connectivity index (χ3v) is 3.22. The van der Waals surface area contributed by atoms with Crippen LogP contribution in [0.3, 0.4) is 0 Å². The fourth-order valence-electron chi connectivity index (χ4n) is 1.74. The average Bonchev–Trinajstić information content (AvgIpc) is 2.65. The Morgan fingerprint density at radius 1 is 1.29 bits per heavy atom. The maximum Gasteiger partial charge on any atom is 0.136 e. The minimum Gasteiger partial charge on any atom is -0.461 e. The zero-order chi connectivity index (χ0) is 9.71. The third kappa shape index (κ3) is 0.990. The lowest BCUT2D eigenvalue weighted by Gasteiger charge is -1.88. The van der Waals surface area contributed by atoms with Gasteiger partial charge in [0, 0.05) is 5.39 Å². The van der Waals surface area contributed by atoms with Gasteiger partial charge in [0.15, 0.2) is 0 Å². The number of aromatic nitrogens is 1. The summed E-state index contributed by atoms with van der Waals surface area (Å²) >= 11 is 1.72. The van der Waals surface area contributed by atoms with Crippen molar-refractivity contribution in [3.63, 3.8) is 0 Å². The summed E-state index contributed by atoms with van der Waals surface area (Å²) in [5.41, 5.74) is 2.00. The van der Waals surface area contributed by atoms with E-state index in [2.05, 4.69) is 17.1 Å². The molecule has 70 valence electrons. The molecule has 0 amide bonds. The summed E-state index contributed by atoms with van der Waals surface area (Å²) in [5.74, 6) is 0.943. The topological polar surface area (TPSA) is 26.0 Å². The molecule has 3 rings (SSSR count). The van der Waals surface area contributed by atoms with Gasteiger partial charge < -0.3 is 4.42 Å². The Morgan fingerprint density at radius 2 is 2.14 bits per heavy atom. The van der Waals surface area contributed by atoms with Crippen LogP contribution < -0.4 is 0 Å². The molecule has 3 aromatic rings. The van der Waals surface area contributed by atoms with E-state index in [-0.39, 0.29) is 0 Å². The van der Waals surface area contributed by atoms with Crippen molar-refractivity contribution in [1.29, 1.82) is 0 Å². The van der Waals surface area contributed by atoms with E-state index >= 15 is 0 Å². The van der Waals surface area contributed by atoms with Crippen LogP contribution >= 0.6 is 11.3 Å². The third-order valence-electron chi connectivity index (χ3n) is 2.29. The zero-order valence-electron chi connectivity index (χ0n) is 8.00. The van der Waals surface area contributed by atoms with Crippen molar-refractivity contribution < 1.29 is 4.42 Å². The predicted octanol–water partition coefficient (Wildman–Crippen LogP) is 3.66. The molecule has 0 bridgehead atoms. The molecule has 0 unspecified atom stereocenters. The van der Waals surface area contributed by atoms with E-state index in [1.807, 2.05) is 19.9 Å². The summed E-state index contributed by atoms with van der Waals surface area (Å²) in [6, 6.07) is 6.14. The molecule has 0 saturated carbocycles. The van der Waals surface area contributed by atoms with Crippen molar-refractivity contribution in [2.75, 3.05) is 0 Å². The summed E-state index contributed by atoms with van der Waals surface area (Å²) in [7, 11) is 0. The predicted molar refractivity (Wildman–Crippen MR) is 58.9 cm³/mol. The van der Waals surface area contributed by atoms with E-state index in [4.69, 9.17) is 4.42 Å². The first-order valence-corrected chi connectivity index (χ1v) is 5.32.